The number of nitrogens with zero attached hydrogens (tertiary/aromatic N) is 2. The fraction of sp³-hybridized carbons (Fsp3) is 0.158. The lowest BCUT2D eigenvalue weighted by molar-refractivity contribution is -0.117. The molecule has 0 saturated heterocycles. The molecule has 126 valence electrons. The van der Waals surface area contributed by atoms with E-state index in [9.17, 15) is 4.79 Å². The molecule has 0 aliphatic carbocycles. The lowest BCUT2D eigenvalue weighted by Gasteiger charge is -2.20. The van der Waals surface area contributed by atoms with E-state index < -0.39 is 0 Å². The van der Waals surface area contributed by atoms with Crippen molar-refractivity contribution in [1.29, 1.82) is 5.26 Å². The van der Waals surface area contributed by atoms with Gasteiger partial charge in [-0.2, -0.15) is 5.26 Å². The minimum absolute atomic E-state index is 0.115. The van der Waals surface area contributed by atoms with Crippen LogP contribution in [0.4, 0.5) is 5.69 Å². The van der Waals surface area contributed by atoms with E-state index in [2.05, 4.69) is 28.4 Å². The second kappa shape index (κ2) is 8.58. The summed E-state index contributed by atoms with van der Waals surface area (Å²) in [6.45, 7) is 1.72. The summed E-state index contributed by atoms with van der Waals surface area (Å²) in [5.41, 5.74) is 1.03. The molecule has 0 unspecified atom stereocenters. The van der Waals surface area contributed by atoms with Crippen LogP contribution in [0.5, 0.6) is 0 Å². The van der Waals surface area contributed by atoms with Crippen molar-refractivity contribution in [3.63, 3.8) is 0 Å². The SMILES string of the molecule is N#Cc1ccccc1NC(=O)CN(Cc1cccs1)Cc1cccs1. The van der Waals surface area contributed by atoms with Gasteiger partial charge < -0.3 is 5.32 Å². The molecular formula is C19H17N3OS2. The van der Waals surface area contributed by atoms with E-state index in [0.29, 0.717) is 11.3 Å². The standard InChI is InChI=1S/C19H17N3OS2/c20-11-15-5-1-2-8-18(15)21-19(23)14-22(12-16-6-3-9-24-16)13-17-7-4-10-25-17/h1-10H,12-14H2,(H,21,23). The summed E-state index contributed by atoms with van der Waals surface area (Å²) in [6.07, 6.45) is 0. The molecule has 1 N–H and O–H groups in total. The van der Waals surface area contributed by atoms with Crippen LogP contribution in [-0.4, -0.2) is 17.4 Å². The van der Waals surface area contributed by atoms with Crippen molar-refractivity contribution < 1.29 is 4.79 Å². The Morgan fingerprint density at radius 2 is 1.64 bits per heavy atom. The number of carbonyl (C=O) groups excluding carboxylic acids is 1. The van der Waals surface area contributed by atoms with Crippen LogP contribution in [0.1, 0.15) is 15.3 Å². The molecule has 0 atom stereocenters. The largest absolute Gasteiger partial charge is 0.324 e. The topological polar surface area (TPSA) is 56.1 Å². The van der Waals surface area contributed by atoms with E-state index in [-0.39, 0.29) is 12.5 Å². The number of benzene rings is 1. The van der Waals surface area contributed by atoms with Crippen molar-refractivity contribution in [3.05, 3.63) is 74.6 Å². The van der Waals surface area contributed by atoms with Crippen LogP contribution < -0.4 is 5.32 Å². The Hall–Kier alpha value is -2.46. The van der Waals surface area contributed by atoms with Gasteiger partial charge in [0.05, 0.1) is 17.8 Å². The summed E-state index contributed by atoms with van der Waals surface area (Å²) < 4.78 is 0. The fourth-order valence-corrected chi connectivity index (χ4v) is 3.99. The van der Waals surface area contributed by atoms with Gasteiger partial charge in [-0.15, -0.1) is 22.7 Å². The number of carbonyl (C=O) groups is 1. The van der Waals surface area contributed by atoms with E-state index in [1.165, 1.54) is 9.75 Å². The van der Waals surface area contributed by atoms with Crippen LogP contribution in [-0.2, 0) is 17.9 Å². The molecule has 3 rings (SSSR count). The van der Waals surface area contributed by atoms with Crippen molar-refractivity contribution in [2.45, 2.75) is 13.1 Å². The minimum Gasteiger partial charge on any atom is -0.324 e. The Morgan fingerprint density at radius 3 is 2.20 bits per heavy atom. The highest BCUT2D eigenvalue weighted by Gasteiger charge is 2.14. The van der Waals surface area contributed by atoms with Crippen LogP contribution in [0, 0.1) is 11.3 Å². The molecule has 0 fully saturated rings. The molecule has 0 spiro atoms. The molecule has 25 heavy (non-hydrogen) atoms. The first kappa shape index (κ1) is 17.4. The number of thiophene rings is 2. The molecular weight excluding hydrogens is 350 g/mol. The number of hydrogen-bond acceptors (Lipinski definition) is 5. The molecule has 0 aliphatic heterocycles. The van der Waals surface area contributed by atoms with E-state index in [4.69, 9.17) is 5.26 Å². The number of nitrogens with one attached hydrogen (secondary N) is 1. The van der Waals surface area contributed by atoms with E-state index >= 15 is 0 Å². The molecule has 2 aromatic heterocycles. The van der Waals surface area contributed by atoms with Gasteiger partial charge in [-0.1, -0.05) is 24.3 Å². The highest BCUT2D eigenvalue weighted by molar-refractivity contribution is 7.10. The van der Waals surface area contributed by atoms with Crippen molar-refractivity contribution in [2.24, 2.45) is 0 Å². The maximum Gasteiger partial charge on any atom is 0.238 e. The van der Waals surface area contributed by atoms with E-state index in [1.54, 1.807) is 40.9 Å². The molecule has 2 heterocycles. The molecule has 4 nitrogen and oxygen atoms in total. The highest BCUT2D eigenvalue weighted by atomic mass is 32.1. The van der Waals surface area contributed by atoms with Gasteiger partial charge in [0.25, 0.3) is 0 Å². The molecule has 0 bridgehead atoms. The number of amides is 1. The van der Waals surface area contributed by atoms with Gasteiger partial charge in [-0.25, -0.2) is 0 Å². The Bertz CT molecular complexity index is 815. The van der Waals surface area contributed by atoms with Gasteiger partial charge in [-0.3, -0.25) is 9.69 Å². The number of hydrogen-bond donors (Lipinski definition) is 1. The molecule has 6 heteroatoms. The highest BCUT2D eigenvalue weighted by Crippen LogP contribution is 2.18. The third kappa shape index (κ3) is 5.00. The van der Waals surface area contributed by atoms with Gasteiger partial charge in [-0.05, 0) is 35.0 Å². The summed E-state index contributed by atoms with van der Waals surface area (Å²) in [5.74, 6) is -0.115. The van der Waals surface area contributed by atoms with E-state index in [0.717, 1.165) is 13.1 Å². The maximum absolute atomic E-state index is 12.5. The second-order valence-electron chi connectivity index (χ2n) is 5.51. The summed E-state index contributed by atoms with van der Waals surface area (Å²) in [6, 6.07) is 17.3. The summed E-state index contributed by atoms with van der Waals surface area (Å²) in [5, 5.41) is 16.1. The first-order valence-corrected chi connectivity index (χ1v) is 9.56. The van der Waals surface area contributed by atoms with Gasteiger partial charge in [0.2, 0.25) is 5.91 Å². The van der Waals surface area contributed by atoms with Crippen LogP contribution in [0.15, 0.2) is 59.3 Å². The van der Waals surface area contributed by atoms with Crippen LogP contribution in [0.2, 0.25) is 0 Å². The zero-order chi connectivity index (χ0) is 17.5. The smallest absolute Gasteiger partial charge is 0.238 e. The average Bonchev–Trinajstić information content (AvgIpc) is 3.29. The van der Waals surface area contributed by atoms with Crippen molar-refractivity contribution in [1.82, 2.24) is 4.90 Å². The summed E-state index contributed by atoms with van der Waals surface area (Å²) in [4.78, 5) is 17.1. The molecule has 0 radical (unpaired) electrons. The lowest BCUT2D eigenvalue weighted by Crippen LogP contribution is -2.32. The number of para-hydroxylation sites is 1. The number of rotatable bonds is 7. The van der Waals surface area contributed by atoms with E-state index in [1.807, 2.05) is 29.0 Å². The van der Waals surface area contributed by atoms with Gasteiger partial charge in [0.1, 0.15) is 6.07 Å². The molecule has 3 aromatic rings. The lowest BCUT2D eigenvalue weighted by atomic mass is 10.2. The second-order valence-corrected chi connectivity index (χ2v) is 7.57. The Morgan fingerprint density at radius 1 is 1.00 bits per heavy atom. The van der Waals surface area contributed by atoms with Gasteiger partial charge in [0, 0.05) is 22.8 Å². The Labute approximate surface area is 155 Å². The predicted octanol–water partition coefficient (Wildman–Crippen LogP) is 4.32. The number of nitriles is 1. The third-order valence-corrected chi connectivity index (χ3v) is 5.33. The van der Waals surface area contributed by atoms with Crippen molar-refractivity contribution in [3.8, 4) is 6.07 Å². The average molecular weight is 367 g/mol. The third-order valence-electron chi connectivity index (χ3n) is 3.61. The van der Waals surface area contributed by atoms with Gasteiger partial charge in [0.15, 0.2) is 0 Å². The molecule has 0 aliphatic rings. The maximum atomic E-state index is 12.5. The quantitative estimate of drug-likeness (QED) is 0.676. The summed E-state index contributed by atoms with van der Waals surface area (Å²) >= 11 is 3.38. The Balaban J connectivity index is 1.68. The Kier molecular flexibility index (Phi) is 5.96. The summed E-state index contributed by atoms with van der Waals surface area (Å²) in [7, 11) is 0. The first-order chi connectivity index (χ1) is 12.2. The van der Waals surface area contributed by atoms with Gasteiger partial charge >= 0.3 is 0 Å². The monoisotopic (exact) mass is 367 g/mol. The molecule has 1 aromatic carbocycles. The normalized spacial score (nSPS) is 10.6. The van der Waals surface area contributed by atoms with Crippen molar-refractivity contribution in [2.75, 3.05) is 11.9 Å². The fourth-order valence-electron chi connectivity index (χ4n) is 2.50. The van der Waals surface area contributed by atoms with Crippen LogP contribution in [0.25, 0.3) is 0 Å². The predicted molar refractivity (Wildman–Crippen MR) is 103 cm³/mol. The van der Waals surface area contributed by atoms with Crippen LogP contribution in [0.3, 0.4) is 0 Å². The minimum atomic E-state index is -0.115. The molecule has 0 saturated carbocycles. The van der Waals surface area contributed by atoms with Crippen LogP contribution >= 0.6 is 22.7 Å². The zero-order valence-electron chi connectivity index (χ0n) is 13.5. The van der Waals surface area contributed by atoms with Crippen molar-refractivity contribution >= 4 is 34.3 Å². The molecule has 1 amide bonds. The zero-order valence-corrected chi connectivity index (χ0v) is 15.1. The number of anilines is 1. The first-order valence-electron chi connectivity index (χ1n) is 7.80.